The van der Waals surface area contributed by atoms with E-state index in [2.05, 4.69) is 5.32 Å². The van der Waals surface area contributed by atoms with Crippen LogP contribution in [0.15, 0.2) is 18.2 Å². The fourth-order valence-corrected chi connectivity index (χ4v) is 7.92. The Morgan fingerprint density at radius 3 is 2.24 bits per heavy atom. The molecule has 3 fully saturated rings. The highest BCUT2D eigenvalue weighted by Crippen LogP contribution is 2.38. The number of nitrogens with one attached hydrogen (secondary N) is 1. The van der Waals surface area contributed by atoms with Crippen LogP contribution in [0, 0.1) is 11.8 Å². The minimum absolute atomic E-state index is 0.0516. The molecule has 3 N–H and O–H groups in total. The number of hydrogen-bond acceptors (Lipinski definition) is 7. The maximum absolute atomic E-state index is 14.3. The minimum Gasteiger partial charge on any atom is -0.497 e. The number of likely N-dealkylation sites (tertiary alicyclic amines) is 1. The summed E-state index contributed by atoms with van der Waals surface area (Å²) in [4.78, 5) is 60.8. The van der Waals surface area contributed by atoms with Gasteiger partial charge < -0.3 is 39.8 Å². The van der Waals surface area contributed by atoms with Crippen molar-refractivity contribution in [3.63, 3.8) is 0 Å². The molecule has 2 aliphatic heterocycles. The van der Waals surface area contributed by atoms with Gasteiger partial charge in [-0.2, -0.15) is 0 Å². The molecule has 3 heterocycles. The van der Waals surface area contributed by atoms with Gasteiger partial charge in [-0.05, 0) is 57.7 Å². The van der Waals surface area contributed by atoms with Crippen molar-refractivity contribution in [2.75, 3.05) is 60.6 Å². The van der Waals surface area contributed by atoms with Crippen molar-refractivity contribution < 1.29 is 28.7 Å². The van der Waals surface area contributed by atoms with Crippen molar-refractivity contribution in [3.05, 3.63) is 29.5 Å². The lowest BCUT2D eigenvalue weighted by Gasteiger charge is -2.44. The molecular formula is C34H50N6O6. The van der Waals surface area contributed by atoms with Gasteiger partial charge in [-0.25, -0.2) is 0 Å². The summed E-state index contributed by atoms with van der Waals surface area (Å²) in [6, 6.07) is 5.45. The third-order valence-corrected chi connectivity index (χ3v) is 10.7. The standard InChI is InChI=1S/C34H50N6O6/c1-34(36-2,33(35)44)28(22-10-7-6-8-11-22)31(42)38-16-18-39(19-17-38)32(43)29-27(30(41)40-15-9-12-23(40)21-45-4)25-14-13-24(46-5)20-26(25)37(29)3/h13-14,20,22-23,28,36H,6-12,15-19,21H2,1-5H3,(H2,35,44)/t23-,28-,34?/m1/s1. The van der Waals surface area contributed by atoms with E-state index in [1.165, 1.54) is 0 Å². The molecule has 2 saturated heterocycles. The number of hydrogen-bond donors (Lipinski definition) is 2. The number of rotatable bonds is 10. The average Bonchev–Trinajstić information content (AvgIpc) is 3.66. The summed E-state index contributed by atoms with van der Waals surface area (Å²) in [6.45, 7) is 4.05. The van der Waals surface area contributed by atoms with Gasteiger partial charge in [-0.3, -0.25) is 19.2 Å². The molecule has 0 spiro atoms. The van der Waals surface area contributed by atoms with Gasteiger partial charge in [0.2, 0.25) is 11.8 Å². The normalized spacial score (nSPS) is 21.3. The summed E-state index contributed by atoms with van der Waals surface area (Å²) in [7, 11) is 6.71. The van der Waals surface area contributed by atoms with E-state index < -0.39 is 17.4 Å². The summed E-state index contributed by atoms with van der Waals surface area (Å²) in [5, 5.41) is 3.78. The van der Waals surface area contributed by atoms with Crippen LogP contribution >= 0.6 is 0 Å². The SMILES string of the molecule is CNC(C)(C(N)=O)[C@@H](C(=O)N1CCN(C(=O)c2c(C(=O)N3CCC[C@@H]3COC)c3ccc(OC)cc3n2C)CC1)C1CCCCC1. The van der Waals surface area contributed by atoms with Gasteiger partial charge in [0.05, 0.1) is 36.8 Å². The first-order chi connectivity index (χ1) is 22.1. The molecule has 0 radical (unpaired) electrons. The molecule has 3 aliphatic rings. The Morgan fingerprint density at radius 2 is 1.63 bits per heavy atom. The highest BCUT2D eigenvalue weighted by molar-refractivity contribution is 6.16. The summed E-state index contributed by atoms with van der Waals surface area (Å²) >= 11 is 0. The topological polar surface area (TPSA) is 139 Å². The molecule has 1 unspecified atom stereocenters. The molecule has 0 bridgehead atoms. The fraction of sp³-hybridized carbons (Fsp3) is 0.647. The molecule has 5 rings (SSSR count). The van der Waals surface area contributed by atoms with Crippen LogP contribution in [0.2, 0.25) is 0 Å². The number of carbonyl (C=O) groups is 4. The molecule has 1 saturated carbocycles. The molecule has 12 heteroatoms. The van der Waals surface area contributed by atoms with Crippen LogP contribution in [-0.4, -0.2) is 115 Å². The van der Waals surface area contributed by atoms with Crippen LogP contribution < -0.4 is 15.8 Å². The number of nitrogens with two attached hydrogens (primary N) is 1. The van der Waals surface area contributed by atoms with Gasteiger partial charge in [0.25, 0.3) is 11.8 Å². The van der Waals surface area contributed by atoms with E-state index in [0.717, 1.165) is 50.5 Å². The number of carbonyl (C=O) groups excluding carboxylic acids is 4. The maximum Gasteiger partial charge on any atom is 0.271 e. The van der Waals surface area contributed by atoms with Gasteiger partial charge in [0.1, 0.15) is 17.0 Å². The highest BCUT2D eigenvalue weighted by Gasteiger charge is 2.49. The van der Waals surface area contributed by atoms with E-state index in [4.69, 9.17) is 15.2 Å². The Labute approximate surface area is 271 Å². The Bertz CT molecular complexity index is 1460. The number of benzene rings is 1. The molecule has 1 aromatic carbocycles. The first-order valence-corrected chi connectivity index (χ1v) is 16.6. The largest absolute Gasteiger partial charge is 0.497 e. The Morgan fingerprint density at radius 1 is 0.957 bits per heavy atom. The Balaban J connectivity index is 1.42. The lowest BCUT2D eigenvalue weighted by molar-refractivity contribution is -0.147. The summed E-state index contributed by atoms with van der Waals surface area (Å²) in [5.74, 6) is -0.968. The van der Waals surface area contributed by atoms with Crippen molar-refractivity contribution in [2.24, 2.45) is 24.6 Å². The zero-order valence-electron chi connectivity index (χ0n) is 28.0. The van der Waals surface area contributed by atoms with Gasteiger partial charge in [-0.15, -0.1) is 0 Å². The number of primary amides is 1. The molecule has 4 amide bonds. The van der Waals surface area contributed by atoms with E-state index in [9.17, 15) is 19.2 Å². The first-order valence-electron chi connectivity index (χ1n) is 16.6. The second-order valence-electron chi connectivity index (χ2n) is 13.2. The second kappa shape index (κ2) is 14.0. The van der Waals surface area contributed by atoms with Gasteiger partial charge in [0, 0.05) is 58.3 Å². The number of amides is 4. The van der Waals surface area contributed by atoms with Crippen molar-refractivity contribution in [2.45, 2.75) is 63.5 Å². The molecule has 1 aromatic heterocycles. The number of ether oxygens (including phenoxy) is 2. The summed E-state index contributed by atoms with van der Waals surface area (Å²) < 4.78 is 12.7. The average molecular weight is 639 g/mol. The highest BCUT2D eigenvalue weighted by atomic mass is 16.5. The van der Waals surface area contributed by atoms with E-state index in [0.29, 0.717) is 61.7 Å². The molecule has 2 aromatic rings. The van der Waals surface area contributed by atoms with Gasteiger partial charge in [-0.1, -0.05) is 19.3 Å². The second-order valence-corrected chi connectivity index (χ2v) is 13.2. The lowest BCUT2D eigenvalue weighted by Crippen LogP contribution is -2.64. The van der Waals surface area contributed by atoms with Gasteiger partial charge in [0.15, 0.2) is 0 Å². The van der Waals surface area contributed by atoms with Crippen molar-refractivity contribution in [1.82, 2.24) is 24.6 Å². The fourth-order valence-electron chi connectivity index (χ4n) is 7.92. The van der Waals surface area contributed by atoms with E-state index >= 15 is 0 Å². The predicted molar refractivity (Wildman–Crippen MR) is 175 cm³/mol. The minimum atomic E-state index is -1.18. The molecule has 12 nitrogen and oxygen atoms in total. The van der Waals surface area contributed by atoms with Crippen molar-refractivity contribution >= 4 is 34.5 Å². The smallest absolute Gasteiger partial charge is 0.271 e. The number of nitrogens with zero attached hydrogens (tertiary/aromatic N) is 4. The van der Waals surface area contributed by atoms with E-state index in [1.807, 2.05) is 23.1 Å². The number of likely N-dealkylation sites (N-methyl/N-ethyl adjacent to an activating group) is 1. The van der Waals surface area contributed by atoms with E-state index in [-0.39, 0.29) is 29.7 Å². The summed E-state index contributed by atoms with van der Waals surface area (Å²) in [6.07, 6.45) is 6.66. The lowest BCUT2D eigenvalue weighted by atomic mass is 9.69. The van der Waals surface area contributed by atoms with Crippen molar-refractivity contribution in [3.8, 4) is 5.75 Å². The van der Waals surface area contributed by atoms with Crippen LogP contribution in [0.5, 0.6) is 5.75 Å². The predicted octanol–water partition coefficient (Wildman–Crippen LogP) is 2.38. The van der Waals surface area contributed by atoms with Crippen LogP contribution in [-0.2, 0) is 21.4 Å². The molecular weight excluding hydrogens is 588 g/mol. The van der Waals surface area contributed by atoms with Gasteiger partial charge >= 0.3 is 0 Å². The third-order valence-electron chi connectivity index (χ3n) is 10.7. The molecule has 3 atom stereocenters. The van der Waals surface area contributed by atoms with Crippen LogP contribution in [0.4, 0.5) is 0 Å². The number of piperazine rings is 1. The van der Waals surface area contributed by atoms with Crippen molar-refractivity contribution in [1.29, 1.82) is 0 Å². The third kappa shape index (κ3) is 6.09. The molecule has 46 heavy (non-hydrogen) atoms. The number of aromatic nitrogens is 1. The summed E-state index contributed by atoms with van der Waals surface area (Å²) in [5.41, 5.74) is 6.15. The Hall–Kier alpha value is -3.64. The van der Waals surface area contributed by atoms with Crippen LogP contribution in [0.3, 0.4) is 0 Å². The monoisotopic (exact) mass is 638 g/mol. The number of aryl methyl sites for hydroxylation is 1. The number of methoxy groups -OCH3 is 2. The molecule has 1 aliphatic carbocycles. The van der Waals surface area contributed by atoms with Crippen LogP contribution in [0.25, 0.3) is 10.9 Å². The maximum atomic E-state index is 14.3. The zero-order valence-corrected chi connectivity index (χ0v) is 28.0. The van der Waals surface area contributed by atoms with E-state index in [1.54, 1.807) is 49.6 Å². The quantitative estimate of drug-likeness (QED) is 0.408. The first kappa shape index (κ1) is 33.7. The van der Waals surface area contributed by atoms with Crippen LogP contribution in [0.1, 0.15) is 72.7 Å². The Kier molecular flexibility index (Phi) is 10.3. The zero-order chi connectivity index (χ0) is 33.2. The molecule has 252 valence electrons. The number of fused-ring (bicyclic) bond motifs is 1.